The van der Waals surface area contributed by atoms with E-state index in [1.54, 1.807) is 6.54 Å². The molecule has 0 bridgehead atoms. The topological polar surface area (TPSA) is 58.2 Å². The summed E-state index contributed by atoms with van der Waals surface area (Å²) in [6, 6.07) is 5.14. The van der Waals surface area contributed by atoms with Crippen molar-refractivity contribution in [3.8, 4) is 0 Å². The van der Waals surface area contributed by atoms with E-state index in [2.05, 4.69) is 10.6 Å². The monoisotopic (exact) mass is 265 g/mol. The van der Waals surface area contributed by atoms with E-state index in [9.17, 15) is 14.0 Å². The molecule has 0 spiro atoms. The van der Waals surface area contributed by atoms with Crippen LogP contribution in [-0.4, -0.2) is 18.4 Å². The zero-order valence-electron chi connectivity index (χ0n) is 11.1. The van der Waals surface area contributed by atoms with Crippen LogP contribution in [0.5, 0.6) is 0 Å². The first-order valence-corrected chi connectivity index (χ1v) is 6.14. The Kier molecular flexibility index (Phi) is 5.99. The average Bonchev–Trinajstić information content (AvgIpc) is 2.36. The highest BCUT2D eigenvalue weighted by Gasteiger charge is 2.08. The molecule has 1 rings (SSSR count). The molecule has 4 nitrogen and oxygen atoms in total. The number of carbonyl (C=O) groups is 2. The van der Waals surface area contributed by atoms with Crippen LogP contribution in [0, 0.1) is 18.3 Å². The lowest BCUT2D eigenvalue weighted by molar-refractivity contribution is -0.119. The van der Waals surface area contributed by atoms with Crippen LogP contribution in [0.1, 0.15) is 30.6 Å². The molecule has 0 aliphatic rings. The maximum atomic E-state index is 12.7. The quantitative estimate of drug-likeness (QED) is 0.825. The molecule has 0 saturated carbocycles. The molecule has 0 aromatic heterocycles. The molecule has 1 aromatic rings. The van der Waals surface area contributed by atoms with Gasteiger partial charge in [0.2, 0.25) is 5.91 Å². The fraction of sp³-hybridized carbons (Fsp3) is 0.357. The number of carbonyl (C=O) groups excluding carboxylic acids is 2. The normalized spacial score (nSPS) is 10.3. The minimum absolute atomic E-state index is 0.106. The fourth-order valence-electron chi connectivity index (χ4n) is 1.32. The lowest BCUT2D eigenvalue weighted by atomic mass is 10.1. The summed E-state index contributed by atoms with van der Waals surface area (Å²) in [5.41, 5.74) is 0.320. The van der Waals surface area contributed by atoms with Crippen LogP contribution in [0.25, 0.3) is 0 Å². The molecule has 1 aromatic carbocycles. The minimum Gasteiger partial charge on any atom is -0.350 e. The van der Waals surface area contributed by atoms with E-state index in [1.807, 2.05) is 13.8 Å². The first kappa shape index (κ1) is 15.1. The molecule has 103 valence electrons. The predicted octanol–water partition coefficient (Wildman–Crippen LogP) is 1.88. The summed E-state index contributed by atoms with van der Waals surface area (Å²) in [6.07, 6.45) is 0.775. The predicted molar refractivity (Wildman–Crippen MR) is 70.6 cm³/mol. The average molecular weight is 265 g/mol. The molecule has 0 heterocycles. The van der Waals surface area contributed by atoms with Gasteiger partial charge in [0, 0.05) is 12.1 Å². The molecule has 0 unspecified atom stereocenters. The Bertz CT molecular complexity index is 430. The first-order chi connectivity index (χ1) is 8.99. The summed E-state index contributed by atoms with van der Waals surface area (Å²) in [6.45, 7) is 5.65. The van der Waals surface area contributed by atoms with Gasteiger partial charge in [-0.25, -0.2) is 4.39 Å². The SMILES string of the molecule is CC(C)C[CH]NC(=O)CNC(=O)c1ccc(F)cc1. The van der Waals surface area contributed by atoms with Crippen LogP contribution in [0.2, 0.25) is 0 Å². The van der Waals surface area contributed by atoms with Crippen molar-refractivity contribution in [3.05, 3.63) is 42.2 Å². The van der Waals surface area contributed by atoms with Crippen molar-refractivity contribution in [2.24, 2.45) is 5.92 Å². The van der Waals surface area contributed by atoms with E-state index in [0.29, 0.717) is 11.5 Å². The molecule has 5 heteroatoms. The summed E-state index contributed by atoms with van der Waals surface area (Å²) >= 11 is 0. The van der Waals surface area contributed by atoms with Gasteiger partial charge in [0.15, 0.2) is 0 Å². The van der Waals surface area contributed by atoms with E-state index >= 15 is 0 Å². The van der Waals surface area contributed by atoms with Crippen LogP contribution in [0.15, 0.2) is 24.3 Å². The van der Waals surface area contributed by atoms with Gasteiger partial charge >= 0.3 is 0 Å². The second-order valence-corrected chi connectivity index (χ2v) is 4.59. The van der Waals surface area contributed by atoms with Gasteiger partial charge in [-0.15, -0.1) is 0 Å². The van der Waals surface area contributed by atoms with Crippen molar-refractivity contribution in [1.82, 2.24) is 10.6 Å². The summed E-state index contributed by atoms with van der Waals surface area (Å²) in [7, 11) is 0. The summed E-state index contributed by atoms with van der Waals surface area (Å²) in [4.78, 5) is 23.0. The summed E-state index contributed by atoms with van der Waals surface area (Å²) < 4.78 is 12.7. The number of hydrogen-bond acceptors (Lipinski definition) is 2. The lowest BCUT2D eigenvalue weighted by Gasteiger charge is -2.07. The largest absolute Gasteiger partial charge is 0.350 e. The number of rotatable bonds is 6. The number of amides is 2. The third-order valence-corrected chi connectivity index (χ3v) is 2.37. The van der Waals surface area contributed by atoms with Crippen LogP contribution in [0.4, 0.5) is 4.39 Å². The Balaban J connectivity index is 2.30. The summed E-state index contributed by atoms with van der Waals surface area (Å²) in [5, 5.41) is 5.05. The van der Waals surface area contributed by atoms with E-state index in [1.165, 1.54) is 24.3 Å². The van der Waals surface area contributed by atoms with Crippen molar-refractivity contribution in [2.75, 3.05) is 6.54 Å². The van der Waals surface area contributed by atoms with Crippen LogP contribution in [-0.2, 0) is 4.79 Å². The van der Waals surface area contributed by atoms with Crippen molar-refractivity contribution < 1.29 is 14.0 Å². The van der Waals surface area contributed by atoms with Gasteiger partial charge in [-0.3, -0.25) is 9.59 Å². The maximum absolute atomic E-state index is 12.7. The van der Waals surface area contributed by atoms with Crippen LogP contribution >= 0.6 is 0 Å². The van der Waals surface area contributed by atoms with Crippen LogP contribution in [0.3, 0.4) is 0 Å². The Morgan fingerprint density at radius 1 is 1.26 bits per heavy atom. The summed E-state index contributed by atoms with van der Waals surface area (Å²) in [5.74, 6) is -0.623. The molecule has 1 radical (unpaired) electrons. The zero-order valence-corrected chi connectivity index (χ0v) is 11.1. The number of hydrogen-bond donors (Lipinski definition) is 2. The second-order valence-electron chi connectivity index (χ2n) is 4.59. The molecule has 0 saturated heterocycles. The first-order valence-electron chi connectivity index (χ1n) is 6.14. The van der Waals surface area contributed by atoms with Crippen molar-refractivity contribution in [1.29, 1.82) is 0 Å². The van der Waals surface area contributed by atoms with Gasteiger partial charge in [0.05, 0.1) is 6.54 Å². The Hall–Kier alpha value is -1.91. The van der Waals surface area contributed by atoms with Gasteiger partial charge in [-0.1, -0.05) is 13.8 Å². The Labute approximate surface area is 112 Å². The van der Waals surface area contributed by atoms with Gasteiger partial charge in [0.25, 0.3) is 5.91 Å². The van der Waals surface area contributed by atoms with Gasteiger partial charge < -0.3 is 10.6 Å². The van der Waals surface area contributed by atoms with Crippen molar-refractivity contribution in [2.45, 2.75) is 20.3 Å². The molecular weight excluding hydrogens is 247 g/mol. The van der Waals surface area contributed by atoms with Gasteiger partial charge in [0.1, 0.15) is 5.82 Å². The fourth-order valence-corrected chi connectivity index (χ4v) is 1.32. The second kappa shape index (κ2) is 7.51. The molecule has 2 N–H and O–H groups in total. The molecule has 2 amide bonds. The number of benzene rings is 1. The highest BCUT2D eigenvalue weighted by molar-refractivity contribution is 5.96. The zero-order chi connectivity index (χ0) is 14.3. The Morgan fingerprint density at radius 2 is 1.89 bits per heavy atom. The van der Waals surface area contributed by atoms with E-state index < -0.39 is 11.7 Å². The standard InChI is InChI=1S/C14H18FN2O2/c1-10(2)7-8-16-13(18)9-17-14(19)11-3-5-12(15)6-4-11/h3-6,8,10H,7,9H2,1-2H3,(H,16,18)(H,17,19). The molecular formula is C14H18FN2O2. The van der Waals surface area contributed by atoms with Gasteiger partial charge in [-0.2, -0.15) is 0 Å². The van der Waals surface area contributed by atoms with Crippen molar-refractivity contribution in [3.63, 3.8) is 0 Å². The molecule has 0 aliphatic heterocycles. The molecule has 0 atom stereocenters. The van der Waals surface area contributed by atoms with Crippen molar-refractivity contribution >= 4 is 11.8 Å². The third-order valence-electron chi connectivity index (χ3n) is 2.37. The minimum atomic E-state index is -0.405. The number of nitrogens with one attached hydrogen (secondary N) is 2. The number of halogens is 1. The molecule has 0 fully saturated rings. The maximum Gasteiger partial charge on any atom is 0.251 e. The smallest absolute Gasteiger partial charge is 0.251 e. The van der Waals surface area contributed by atoms with Crippen LogP contribution < -0.4 is 10.6 Å². The highest BCUT2D eigenvalue weighted by Crippen LogP contribution is 2.02. The third kappa shape index (κ3) is 5.99. The highest BCUT2D eigenvalue weighted by atomic mass is 19.1. The van der Waals surface area contributed by atoms with E-state index in [4.69, 9.17) is 0 Å². The Morgan fingerprint density at radius 3 is 2.47 bits per heavy atom. The molecule has 0 aliphatic carbocycles. The lowest BCUT2D eigenvalue weighted by Crippen LogP contribution is -2.36. The van der Waals surface area contributed by atoms with Gasteiger partial charge in [-0.05, 0) is 36.6 Å². The molecule has 19 heavy (non-hydrogen) atoms. The van der Waals surface area contributed by atoms with E-state index in [0.717, 1.165) is 6.42 Å². The van der Waals surface area contributed by atoms with E-state index in [-0.39, 0.29) is 12.5 Å².